The van der Waals surface area contributed by atoms with E-state index < -0.39 is 18.1 Å². The third-order valence-electron chi connectivity index (χ3n) is 3.69. The summed E-state index contributed by atoms with van der Waals surface area (Å²) in [5.74, 6) is -0.0373. The number of carbonyl (C=O) groups is 1. The lowest BCUT2D eigenvalue weighted by molar-refractivity contribution is -0.147. The number of nitrogens with zero attached hydrogens (tertiary/aromatic N) is 3. The minimum Gasteiger partial charge on any atom is -0.489 e. The number of rotatable bonds is 9. The fourth-order valence-electron chi connectivity index (χ4n) is 2.38. The van der Waals surface area contributed by atoms with Gasteiger partial charge in [0.25, 0.3) is 0 Å². The van der Waals surface area contributed by atoms with E-state index in [2.05, 4.69) is 10.0 Å². The third kappa shape index (κ3) is 5.81. The van der Waals surface area contributed by atoms with E-state index in [4.69, 9.17) is 15.0 Å². The second kappa shape index (κ2) is 10.1. The molecule has 0 aliphatic heterocycles. The van der Waals surface area contributed by atoms with Crippen LogP contribution in [0.5, 0.6) is 5.75 Å². The van der Waals surface area contributed by atoms with Crippen molar-refractivity contribution in [3.63, 3.8) is 0 Å². The SMILES string of the molecule is CCOC(=O)[C@@H](N=[N+]=[N-])[C@H](O)Cc1ccc(OCc2ccccc2)cc1. The van der Waals surface area contributed by atoms with Crippen LogP contribution in [-0.4, -0.2) is 29.8 Å². The molecule has 2 rings (SSSR count). The molecule has 0 bridgehead atoms. The van der Waals surface area contributed by atoms with Gasteiger partial charge in [-0.1, -0.05) is 47.6 Å². The van der Waals surface area contributed by atoms with Crippen LogP contribution in [-0.2, 0) is 22.6 Å². The Hall–Kier alpha value is -3.02. The smallest absolute Gasteiger partial charge is 0.317 e. The van der Waals surface area contributed by atoms with Gasteiger partial charge in [0.2, 0.25) is 0 Å². The van der Waals surface area contributed by atoms with E-state index in [0.717, 1.165) is 11.1 Å². The summed E-state index contributed by atoms with van der Waals surface area (Å²) < 4.78 is 10.5. The molecule has 0 amide bonds. The minimum atomic E-state index is -1.27. The molecular formula is C19H21N3O4. The molecule has 0 radical (unpaired) electrons. The van der Waals surface area contributed by atoms with Crippen molar-refractivity contribution >= 4 is 5.97 Å². The quantitative estimate of drug-likeness (QED) is 0.322. The monoisotopic (exact) mass is 355 g/mol. The van der Waals surface area contributed by atoms with Crippen molar-refractivity contribution in [1.82, 2.24) is 0 Å². The molecule has 0 aliphatic carbocycles. The van der Waals surface area contributed by atoms with E-state index in [1.807, 2.05) is 30.3 Å². The van der Waals surface area contributed by atoms with Crippen LogP contribution in [0, 0.1) is 0 Å². The van der Waals surface area contributed by atoms with Crippen LogP contribution in [0.25, 0.3) is 10.4 Å². The average Bonchev–Trinajstić information content (AvgIpc) is 2.66. The van der Waals surface area contributed by atoms with Gasteiger partial charge in [-0.3, -0.25) is 4.79 Å². The number of aliphatic hydroxyl groups is 1. The number of carbonyl (C=O) groups excluding carboxylic acids is 1. The molecule has 136 valence electrons. The number of benzene rings is 2. The van der Waals surface area contributed by atoms with Crippen LogP contribution < -0.4 is 4.74 Å². The van der Waals surface area contributed by atoms with Gasteiger partial charge >= 0.3 is 5.97 Å². The van der Waals surface area contributed by atoms with E-state index in [0.29, 0.717) is 12.4 Å². The van der Waals surface area contributed by atoms with Crippen molar-refractivity contribution in [3.05, 3.63) is 76.2 Å². The van der Waals surface area contributed by atoms with Gasteiger partial charge in [-0.05, 0) is 42.1 Å². The lowest BCUT2D eigenvalue weighted by Crippen LogP contribution is -2.35. The molecule has 0 fully saturated rings. The summed E-state index contributed by atoms with van der Waals surface area (Å²) in [6.45, 7) is 2.26. The molecule has 0 saturated carbocycles. The van der Waals surface area contributed by atoms with E-state index in [1.54, 1.807) is 31.2 Å². The number of hydrogen-bond donors (Lipinski definition) is 1. The zero-order valence-corrected chi connectivity index (χ0v) is 14.5. The molecule has 0 unspecified atom stereocenters. The number of esters is 1. The fraction of sp³-hybridized carbons (Fsp3) is 0.316. The predicted molar refractivity (Wildman–Crippen MR) is 96.5 cm³/mol. The van der Waals surface area contributed by atoms with Gasteiger partial charge in [0.15, 0.2) is 6.04 Å². The van der Waals surface area contributed by atoms with Crippen molar-refractivity contribution in [2.45, 2.75) is 32.1 Å². The van der Waals surface area contributed by atoms with Gasteiger partial charge in [0.05, 0.1) is 12.7 Å². The Balaban J connectivity index is 1.94. The van der Waals surface area contributed by atoms with E-state index in [1.165, 1.54) is 0 Å². The van der Waals surface area contributed by atoms with Crippen LogP contribution >= 0.6 is 0 Å². The highest BCUT2D eigenvalue weighted by Crippen LogP contribution is 2.17. The average molecular weight is 355 g/mol. The Labute approximate surface area is 151 Å². The highest BCUT2D eigenvalue weighted by molar-refractivity contribution is 5.76. The summed E-state index contributed by atoms with van der Waals surface area (Å²) in [5, 5.41) is 13.6. The Morgan fingerprint density at radius 2 is 1.85 bits per heavy atom. The Morgan fingerprint density at radius 1 is 1.15 bits per heavy atom. The number of aliphatic hydroxyl groups excluding tert-OH is 1. The molecule has 0 aliphatic rings. The fourth-order valence-corrected chi connectivity index (χ4v) is 2.38. The summed E-state index contributed by atoms with van der Waals surface area (Å²) in [6, 6.07) is 15.7. The largest absolute Gasteiger partial charge is 0.489 e. The van der Waals surface area contributed by atoms with Crippen molar-refractivity contribution in [1.29, 1.82) is 0 Å². The van der Waals surface area contributed by atoms with Crippen LogP contribution in [0.4, 0.5) is 0 Å². The second-order valence-corrected chi connectivity index (χ2v) is 5.59. The van der Waals surface area contributed by atoms with Gasteiger partial charge in [0.1, 0.15) is 12.4 Å². The maximum Gasteiger partial charge on any atom is 0.317 e. The van der Waals surface area contributed by atoms with Crippen molar-refractivity contribution in [3.8, 4) is 5.75 Å². The molecule has 0 saturated heterocycles. The second-order valence-electron chi connectivity index (χ2n) is 5.59. The van der Waals surface area contributed by atoms with Crippen LogP contribution in [0.15, 0.2) is 59.7 Å². The summed E-state index contributed by atoms with van der Waals surface area (Å²) in [5.41, 5.74) is 10.4. The van der Waals surface area contributed by atoms with Gasteiger partial charge in [-0.25, -0.2) is 0 Å². The van der Waals surface area contributed by atoms with Crippen LogP contribution in [0.2, 0.25) is 0 Å². The van der Waals surface area contributed by atoms with Crippen molar-refractivity contribution in [2.24, 2.45) is 5.11 Å². The first-order valence-corrected chi connectivity index (χ1v) is 8.28. The minimum absolute atomic E-state index is 0.149. The highest BCUT2D eigenvalue weighted by Gasteiger charge is 2.27. The van der Waals surface area contributed by atoms with Gasteiger partial charge < -0.3 is 14.6 Å². The van der Waals surface area contributed by atoms with Crippen LogP contribution in [0.3, 0.4) is 0 Å². The summed E-state index contributed by atoms with van der Waals surface area (Å²) >= 11 is 0. The first kappa shape index (κ1) is 19.3. The lowest BCUT2D eigenvalue weighted by atomic mass is 10.0. The summed E-state index contributed by atoms with van der Waals surface area (Å²) in [4.78, 5) is 14.4. The van der Waals surface area contributed by atoms with Gasteiger partial charge in [0, 0.05) is 4.91 Å². The van der Waals surface area contributed by atoms with Gasteiger partial charge in [-0.2, -0.15) is 0 Å². The van der Waals surface area contributed by atoms with E-state index in [-0.39, 0.29) is 13.0 Å². The zero-order chi connectivity index (χ0) is 18.8. The molecule has 2 atom stereocenters. The number of ether oxygens (including phenoxy) is 2. The molecule has 1 N–H and O–H groups in total. The maximum absolute atomic E-state index is 11.8. The lowest BCUT2D eigenvalue weighted by Gasteiger charge is -2.17. The molecule has 7 heteroatoms. The molecular weight excluding hydrogens is 334 g/mol. The Bertz CT molecular complexity index is 743. The maximum atomic E-state index is 11.8. The van der Waals surface area contributed by atoms with Crippen molar-refractivity contribution in [2.75, 3.05) is 6.61 Å². The predicted octanol–water partition coefficient (Wildman–Crippen LogP) is 3.41. The standard InChI is InChI=1S/C19H21N3O4/c1-2-25-19(24)18(21-22-20)17(23)12-14-8-10-16(11-9-14)26-13-15-6-4-3-5-7-15/h3-11,17-18,23H,2,12-13H2,1H3/t17-,18+/m1/s1. The molecule has 0 aromatic heterocycles. The highest BCUT2D eigenvalue weighted by atomic mass is 16.5. The van der Waals surface area contributed by atoms with Crippen LogP contribution in [0.1, 0.15) is 18.1 Å². The Kier molecular flexibility index (Phi) is 7.49. The molecule has 26 heavy (non-hydrogen) atoms. The molecule has 0 spiro atoms. The topological polar surface area (TPSA) is 105 Å². The molecule has 7 nitrogen and oxygen atoms in total. The number of hydrogen-bond acceptors (Lipinski definition) is 5. The summed E-state index contributed by atoms with van der Waals surface area (Å²) in [7, 11) is 0. The first-order valence-electron chi connectivity index (χ1n) is 8.28. The number of azide groups is 1. The zero-order valence-electron chi connectivity index (χ0n) is 14.5. The first-order chi connectivity index (χ1) is 12.6. The normalized spacial score (nSPS) is 12.5. The Morgan fingerprint density at radius 3 is 2.46 bits per heavy atom. The van der Waals surface area contributed by atoms with Gasteiger partial charge in [-0.15, -0.1) is 0 Å². The molecule has 2 aromatic rings. The van der Waals surface area contributed by atoms with Crippen molar-refractivity contribution < 1.29 is 19.4 Å². The summed E-state index contributed by atoms with van der Waals surface area (Å²) in [6.07, 6.45) is -1.01. The van der Waals surface area contributed by atoms with E-state index in [9.17, 15) is 9.90 Å². The molecule has 2 aromatic carbocycles. The third-order valence-corrected chi connectivity index (χ3v) is 3.69. The molecule has 0 heterocycles. The van der Waals surface area contributed by atoms with E-state index >= 15 is 0 Å².